The number of nitrogens with zero attached hydrogens (tertiary/aromatic N) is 1. The zero-order valence-corrected chi connectivity index (χ0v) is 15.3. The van der Waals surface area contributed by atoms with Crippen LogP contribution in [0, 0.1) is 23.2 Å². The van der Waals surface area contributed by atoms with Crippen molar-refractivity contribution in [3.05, 3.63) is 46.5 Å². The van der Waals surface area contributed by atoms with Gasteiger partial charge in [0, 0.05) is 17.0 Å². The second-order valence-electron chi connectivity index (χ2n) is 8.57. The maximum Gasteiger partial charge on any atom is 0.229 e. The molecule has 2 aromatic heterocycles. The molecule has 0 atom stereocenters. The Balaban J connectivity index is 1.42. The molecule has 4 aliphatic rings. The van der Waals surface area contributed by atoms with Crippen LogP contribution in [-0.4, -0.2) is 10.8 Å². The number of furan rings is 1. The van der Waals surface area contributed by atoms with Crippen molar-refractivity contribution in [1.29, 1.82) is 0 Å². The molecule has 4 saturated carbocycles. The van der Waals surface area contributed by atoms with Crippen molar-refractivity contribution in [2.75, 3.05) is 0 Å². The number of thiophene rings is 1. The highest BCUT2D eigenvalue weighted by molar-refractivity contribution is 7.09. The van der Waals surface area contributed by atoms with E-state index < -0.39 is 0 Å². The van der Waals surface area contributed by atoms with Gasteiger partial charge in [-0.3, -0.25) is 4.79 Å². The van der Waals surface area contributed by atoms with Gasteiger partial charge in [-0.1, -0.05) is 6.07 Å². The van der Waals surface area contributed by atoms with Crippen molar-refractivity contribution in [1.82, 2.24) is 4.90 Å². The summed E-state index contributed by atoms with van der Waals surface area (Å²) in [6.07, 6.45) is 11.0. The summed E-state index contributed by atoms with van der Waals surface area (Å²) >= 11 is 1.74. The SMILES string of the molecule is O=C(N(Cc1ccoc1)Cc1cccs1)C12CC3CC(CC(C3)C1)C2. The Morgan fingerprint density at radius 3 is 2.40 bits per heavy atom. The predicted molar refractivity (Wildman–Crippen MR) is 97.9 cm³/mol. The van der Waals surface area contributed by atoms with E-state index in [0.717, 1.165) is 49.1 Å². The Labute approximate surface area is 153 Å². The molecular formula is C21H25NO2S. The average molecular weight is 356 g/mol. The minimum atomic E-state index is -0.0737. The molecular weight excluding hydrogens is 330 g/mol. The fourth-order valence-electron chi connectivity index (χ4n) is 6.10. The van der Waals surface area contributed by atoms with Crippen LogP contribution in [-0.2, 0) is 17.9 Å². The summed E-state index contributed by atoms with van der Waals surface area (Å²) in [6.45, 7) is 1.39. The minimum Gasteiger partial charge on any atom is -0.472 e. The van der Waals surface area contributed by atoms with E-state index in [1.165, 1.54) is 24.1 Å². The molecule has 6 rings (SSSR count). The van der Waals surface area contributed by atoms with Gasteiger partial charge in [0.2, 0.25) is 5.91 Å². The lowest BCUT2D eigenvalue weighted by Gasteiger charge is -2.56. The largest absolute Gasteiger partial charge is 0.472 e. The molecule has 4 heteroatoms. The first kappa shape index (κ1) is 15.7. The molecule has 2 heterocycles. The molecule has 0 aromatic carbocycles. The van der Waals surface area contributed by atoms with Gasteiger partial charge in [-0.25, -0.2) is 0 Å². The average Bonchev–Trinajstić information content (AvgIpc) is 3.26. The van der Waals surface area contributed by atoms with Gasteiger partial charge in [0.1, 0.15) is 0 Å². The molecule has 0 saturated heterocycles. The third-order valence-corrected chi connectivity index (χ3v) is 7.52. The maximum atomic E-state index is 13.7. The van der Waals surface area contributed by atoms with Gasteiger partial charge >= 0.3 is 0 Å². The molecule has 0 unspecified atom stereocenters. The van der Waals surface area contributed by atoms with Gasteiger partial charge < -0.3 is 9.32 Å². The first-order chi connectivity index (χ1) is 12.2. The fourth-order valence-corrected chi connectivity index (χ4v) is 6.82. The van der Waals surface area contributed by atoms with Crippen LogP contribution >= 0.6 is 11.3 Å². The lowest BCUT2D eigenvalue weighted by atomic mass is 9.49. The zero-order chi connectivity index (χ0) is 16.9. The lowest BCUT2D eigenvalue weighted by Crippen LogP contribution is -2.54. The monoisotopic (exact) mass is 355 g/mol. The van der Waals surface area contributed by atoms with Crippen LogP contribution in [0.3, 0.4) is 0 Å². The number of hydrogen-bond donors (Lipinski definition) is 0. The van der Waals surface area contributed by atoms with Crippen molar-refractivity contribution < 1.29 is 9.21 Å². The van der Waals surface area contributed by atoms with Crippen molar-refractivity contribution in [3.63, 3.8) is 0 Å². The van der Waals surface area contributed by atoms with Crippen molar-refractivity contribution in [3.8, 4) is 0 Å². The van der Waals surface area contributed by atoms with Crippen LogP contribution in [0.15, 0.2) is 40.5 Å². The molecule has 0 N–H and O–H groups in total. The molecule has 0 spiro atoms. The van der Waals surface area contributed by atoms with E-state index >= 15 is 0 Å². The van der Waals surface area contributed by atoms with Gasteiger partial charge in [0.25, 0.3) is 0 Å². The number of carbonyl (C=O) groups excluding carboxylic acids is 1. The Bertz CT molecular complexity index is 663. The molecule has 1 amide bonds. The quantitative estimate of drug-likeness (QED) is 0.749. The Kier molecular flexibility index (Phi) is 3.77. The van der Waals surface area contributed by atoms with E-state index in [1.54, 1.807) is 23.9 Å². The molecule has 4 fully saturated rings. The van der Waals surface area contributed by atoms with E-state index in [9.17, 15) is 4.79 Å². The third kappa shape index (κ3) is 2.84. The highest BCUT2D eigenvalue weighted by Crippen LogP contribution is 2.60. The molecule has 2 aromatic rings. The van der Waals surface area contributed by atoms with Crippen LogP contribution in [0.1, 0.15) is 49.0 Å². The lowest BCUT2D eigenvalue weighted by molar-refractivity contribution is -0.159. The third-order valence-electron chi connectivity index (χ3n) is 6.66. The minimum absolute atomic E-state index is 0.0737. The number of hydrogen-bond acceptors (Lipinski definition) is 3. The fraction of sp³-hybridized carbons (Fsp3) is 0.571. The summed E-state index contributed by atoms with van der Waals surface area (Å²) in [5, 5.41) is 2.10. The number of carbonyl (C=O) groups is 1. The predicted octanol–water partition coefficient (Wildman–Crippen LogP) is 5.09. The van der Waals surface area contributed by atoms with E-state index in [1.807, 2.05) is 6.07 Å². The second kappa shape index (κ2) is 6.01. The van der Waals surface area contributed by atoms with Gasteiger partial charge in [0.05, 0.1) is 24.5 Å². The van der Waals surface area contributed by atoms with Crippen LogP contribution < -0.4 is 0 Å². The van der Waals surface area contributed by atoms with E-state index in [0.29, 0.717) is 12.5 Å². The summed E-state index contributed by atoms with van der Waals surface area (Å²) in [7, 11) is 0. The number of rotatable bonds is 5. The first-order valence-electron chi connectivity index (χ1n) is 9.53. The Morgan fingerprint density at radius 1 is 1.12 bits per heavy atom. The molecule has 3 nitrogen and oxygen atoms in total. The molecule has 132 valence electrons. The van der Waals surface area contributed by atoms with Crippen LogP contribution in [0.4, 0.5) is 0 Å². The smallest absolute Gasteiger partial charge is 0.229 e. The molecule has 0 aliphatic heterocycles. The number of amides is 1. The van der Waals surface area contributed by atoms with Crippen LogP contribution in [0.25, 0.3) is 0 Å². The van der Waals surface area contributed by atoms with E-state index in [4.69, 9.17) is 4.42 Å². The topological polar surface area (TPSA) is 33.5 Å². The normalized spacial score (nSPS) is 32.9. The highest BCUT2D eigenvalue weighted by Gasteiger charge is 2.55. The van der Waals surface area contributed by atoms with Gasteiger partial charge in [-0.15, -0.1) is 11.3 Å². The first-order valence-corrected chi connectivity index (χ1v) is 10.4. The van der Waals surface area contributed by atoms with Gasteiger partial charge in [-0.05, 0) is 73.8 Å². The van der Waals surface area contributed by atoms with E-state index in [-0.39, 0.29) is 5.41 Å². The van der Waals surface area contributed by atoms with Crippen molar-refractivity contribution in [2.24, 2.45) is 23.2 Å². The highest BCUT2D eigenvalue weighted by atomic mass is 32.1. The summed E-state index contributed by atoms with van der Waals surface area (Å²) in [4.78, 5) is 17.1. The van der Waals surface area contributed by atoms with Gasteiger partial charge in [0.15, 0.2) is 0 Å². The van der Waals surface area contributed by atoms with Crippen LogP contribution in [0.5, 0.6) is 0 Å². The Hall–Kier alpha value is -1.55. The molecule has 4 bridgehead atoms. The molecule has 25 heavy (non-hydrogen) atoms. The van der Waals surface area contributed by atoms with E-state index in [2.05, 4.69) is 22.4 Å². The standard InChI is InChI=1S/C21H25NO2S/c23-20(21-9-16-6-17(10-21)8-18(7-16)11-21)22(12-15-3-4-24-14-15)13-19-2-1-5-25-19/h1-5,14,16-18H,6-13H2. The summed E-state index contributed by atoms with van der Waals surface area (Å²) in [5.41, 5.74) is 1.02. The summed E-state index contributed by atoms with van der Waals surface area (Å²) < 4.78 is 5.24. The maximum absolute atomic E-state index is 13.7. The van der Waals surface area contributed by atoms with Crippen LogP contribution in [0.2, 0.25) is 0 Å². The molecule has 4 aliphatic carbocycles. The Morgan fingerprint density at radius 2 is 1.84 bits per heavy atom. The summed E-state index contributed by atoms with van der Waals surface area (Å²) in [5.74, 6) is 2.80. The van der Waals surface area contributed by atoms with Gasteiger partial charge in [-0.2, -0.15) is 0 Å². The zero-order valence-electron chi connectivity index (χ0n) is 14.5. The summed E-state index contributed by atoms with van der Waals surface area (Å²) in [6, 6.07) is 6.19. The van der Waals surface area contributed by atoms with Crippen molar-refractivity contribution in [2.45, 2.75) is 51.6 Å². The molecule has 0 radical (unpaired) electrons. The van der Waals surface area contributed by atoms with Crippen molar-refractivity contribution >= 4 is 17.2 Å². The second-order valence-corrected chi connectivity index (χ2v) is 9.60.